The fourth-order valence-corrected chi connectivity index (χ4v) is 4.13. The van der Waals surface area contributed by atoms with Gasteiger partial charge in [0, 0.05) is 0 Å². The number of rotatable bonds is 1. The molecule has 16 heavy (non-hydrogen) atoms. The highest BCUT2D eigenvalue weighted by molar-refractivity contribution is 9.26. The maximum atomic E-state index is 12.3. The van der Waals surface area contributed by atoms with Crippen molar-refractivity contribution in [3.05, 3.63) is 0 Å². The molecule has 1 saturated carbocycles. The number of alkyl halides is 6. The Bertz CT molecular complexity index is 330. The van der Waals surface area contributed by atoms with E-state index in [0.29, 0.717) is 12.8 Å². The van der Waals surface area contributed by atoms with E-state index in [4.69, 9.17) is 0 Å². The van der Waals surface area contributed by atoms with Crippen LogP contribution >= 0.6 is 47.8 Å². The number of carbonyl (C=O) groups is 2. The van der Waals surface area contributed by atoms with Crippen LogP contribution in [0.3, 0.4) is 0 Å². The van der Waals surface area contributed by atoms with Crippen LogP contribution in [0.1, 0.15) is 19.3 Å². The molecule has 0 amide bonds. The molecule has 0 spiro atoms. The Labute approximate surface area is 115 Å². The molecule has 0 aromatic rings. The molecule has 0 heterocycles. The monoisotopic (exact) mass is 428 g/mol. The van der Waals surface area contributed by atoms with E-state index in [2.05, 4.69) is 47.8 Å². The average molecular weight is 431 g/mol. The summed E-state index contributed by atoms with van der Waals surface area (Å²) in [7, 11) is 0. The van der Waals surface area contributed by atoms with Crippen molar-refractivity contribution in [3.63, 3.8) is 0 Å². The summed E-state index contributed by atoms with van der Waals surface area (Å²) < 4.78 is 33.6. The molecule has 0 bridgehead atoms. The third-order valence-corrected chi connectivity index (χ3v) is 4.95. The van der Waals surface area contributed by atoms with Crippen molar-refractivity contribution in [2.75, 3.05) is 0 Å². The number of carbonyl (C=O) groups excluding carboxylic acids is 2. The summed E-state index contributed by atoms with van der Waals surface area (Å²) in [6, 6.07) is 0. The molecule has 0 aromatic carbocycles. The van der Waals surface area contributed by atoms with Crippen LogP contribution in [0, 0.1) is 0 Å². The summed E-state index contributed by atoms with van der Waals surface area (Å²) in [5.41, 5.74) is 0. The Morgan fingerprint density at radius 1 is 1.19 bits per heavy atom. The van der Waals surface area contributed by atoms with Crippen molar-refractivity contribution in [2.45, 2.75) is 33.0 Å². The first kappa shape index (κ1) is 14.6. The molecule has 92 valence electrons. The number of hydrogen-bond acceptors (Lipinski definition) is 2. The minimum Gasteiger partial charge on any atom is -0.295 e. The summed E-state index contributed by atoms with van der Waals surface area (Å²) in [4.78, 5) is 23.0. The van der Waals surface area contributed by atoms with E-state index >= 15 is 0 Å². The van der Waals surface area contributed by atoms with E-state index in [9.17, 15) is 22.8 Å². The largest absolute Gasteiger partial charge is 0.451 e. The van der Waals surface area contributed by atoms with E-state index in [1.807, 2.05) is 0 Å². The van der Waals surface area contributed by atoms with Crippen LogP contribution in [0.25, 0.3) is 0 Å². The highest BCUT2D eigenvalue weighted by Crippen LogP contribution is 2.48. The lowest BCUT2D eigenvalue weighted by molar-refractivity contribution is -0.175. The van der Waals surface area contributed by atoms with Gasteiger partial charge in [0.2, 0.25) is 0 Å². The number of hydrogen-bond donors (Lipinski definition) is 0. The van der Waals surface area contributed by atoms with Gasteiger partial charge in [-0.3, -0.25) is 9.59 Å². The van der Waals surface area contributed by atoms with Gasteiger partial charge in [0.1, 0.15) is 3.23 Å². The molecule has 1 aliphatic rings. The lowest BCUT2D eigenvalue weighted by Gasteiger charge is -2.36. The van der Waals surface area contributed by atoms with Crippen LogP contribution in [0.2, 0.25) is 0 Å². The maximum absolute atomic E-state index is 12.3. The highest BCUT2D eigenvalue weighted by Gasteiger charge is 2.61. The van der Waals surface area contributed by atoms with Gasteiger partial charge in [-0.15, -0.1) is 0 Å². The summed E-state index contributed by atoms with van der Waals surface area (Å²) in [5.74, 6) is -2.89. The summed E-state index contributed by atoms with van der Waals surface area (Å²) in [6.45, 7) is 0. The molecule has 0 aliphatic heterocycles. The fourth-order valence-electron chi connectivity index (χ4n) is 1.51. The van der Waals surface area contributed by atoms with Gasteiger partial charge in [-0.05, 0) is 19.3 Å². The van der Waals surface area contributed by atoms with Crippen molar-refractivity contribution >= 4 is 59.4 Å². The lowest BCUT2D eigenvalue weighted by Crippen LogP contribution is -2.55. The smallest absolute Gasteiger partial charge is 0.295 e. The average Bonchev–Trinajstić information content (AvgIpc) is 2.11. The highest BCUT2D eigenvalue weighted by atomic mass is 79.9. The molecule has 0 aromatic heterocycles. The second-order valence-electron chi connectivity index (χ2n) is 3.52. The minimum absolute atomic E-state index is 0.150. The van der Waals surface area contributed by atoms with Gasteiger partial charge in [0.25, 0.3) is 5.78 Å². The number of Topliss-reactive ketones (excluding diaryl/α,β-unsaturated/α-hetero) is 2. The molecule has 0 radical (unpaired) electrons. The third-order valence-electron chi connectivity index (χ3n) is 2.32. The predicted molar refractivity (Wildman–Crippen MR) is 62.2 cm³/mol. The molecular weight excluding hydrogens is 425 g/mol. The Kier molecular flexibility index (Phi) is 3.98. The van der Waals surface area contributed by atoms with Crippen LogP contribution in [0.4, 0.5) is 13.2 Å². The van der Waals surface area contributed by atoms with E-state index in [1.54, 1.807) is 0 Å². The number of ketones is 2. The van der Waals surface area contributed by atoms with Gasteiger partial charge in [0.15, 0.2) is 10.1 Å². The van der Waals surface area contributed by atoms with Crippen molar-refractivity contribution in [2.24, 2.45) is 0 Å². The summed E-state index contributed by atoms with van der Waals surface area (Å²) in [5, 5.41) is 0. The Morgan fingerprint density at radius 2 is 1.69 bits per heavy atom. The molecule has 8 heteroatoms. The minimum atomic E-state index is -5.02. The molecule has 2 nitrogen and oxygen atoms in total. The first-order valence-corrected chi connectivity index (χ1v) is 6.63. The molecule has 0 saturated heterocycles. The fraction of sp³-hybridized carbons (Fsp3) is 0.750. The molecule has 1 aliphatic carbocycles. The molecule has 1 atom stereocenters. The van der Waals surface area contributed by atoms with Crippen LogP contribution < -0.4 is 0 Å². The first-order chi connectivity index (χ1) is 7.02. The van der Waals surface area contributed by atoms with E-state index in [0.717, 1.165) is 0 Å². The van der Waals surface area contributed by atoms with Gasteiger partial charge in [-0.25, -0.2) is 0 Å². The first-order valence-electron chi connectivity index (χ1n) is 4.25. The van der Waals surface area contributed by atoms with E-state index in [1.165, 1.54) is 0 Å². The third kappa shape index (κ3) is 2.53. The zero-order valence-electron chi connectivity index (χ0n) is 7.71. The standard InChI is InChI=1S/C8H6Br3F3O2/c9-6(5(16)8(12,13)14)2-1-3-7(10,11)4(6)15/h1-3H2. The van der Waals surface area contributed by atoms with Crippen molar-refractivity contribution in [1.29, 1.82) is 0 Å². The van der Waals surface area contributed by atoms with Crippen LogP contribution in [0.5, 0.6) is 0 Å². The normalized spacial score (nSPS) is 30.2. The molecular formula is C8H6Br3F3O2. The SMILES string of the molecule is O=C(C(F)(F)F)C1(Br)CCCC(Br)(Br)C1=O. The topological polar surface area (TPSA) is 34.1 Å². The zero-order chi connectivity index (χ0) is 12.8. The summed E-state index contributed by atoms with van der Waals surface area (Å²) in [6.07, 6.45) is -4.50. The van der Waals surface area contributed by atoms with Gasteiger partial charge in [-0.2, -0.15) is 13.2 Å². The Hall–Kier alpha value is 0.570. The Morgan fingerprint density at radius 3 is 2.12 bits per heavy atom. The van der Waals surface area contributed by atoms with Crippen molar-refractivity contribution < 1.29 is 22.8 Å². The van der Waals surface area contributed by atoms with Gasteiger partial charge >= 0.3 is 6.18 Å². The molecule has 1 unspecified atom stereocenters. The predicted octanol–water partition coefficient (Wildman–Crippen LogP) is 3.49. The van der Waals surface area contributed by atoms with Gasteiger partial charge in [-0.1, -0.05) is 47.8 Å². The zero-order valence-corrected chi connectivity index (χ0v) is 12.5. The summed E-state index contributed by atoms with van der Waals surface area (Å²) >= 11 is 8.63. The maximum Gasteiger partial charge on any atom is 0.451 e. The Balaban J connectivity index is 3.10. The second kappa shape index (κ2) is 4.35. The number of halogens is 6. The van der Waals surface area contributed by atoms with Crippen LogP contribution in [-0.2, 0) is 9.59 Å². The van der Waals surface area contributed by atoms with Gasteiger partial charge < -0.3 is 0 Å². The van der Waals surface area contributed by atoms with Crippen molar-refractivity contribution in [1.82, 2.24) is 0 Å². The van der Waals surface area contributed by atoms with Crippen molar-refractivity contribution in [3.8, 4) is 0 Å². The van der Waals surface area contributed by atoms with Gasteiger partial charge in [0.05, 0.1) is 0 Å². The van der Waals surface area contributed by atoms with Crippen LogP contribution in [-0.4, -0.2) is 25.3 Å². The van der Waals surface area contributed by atoms with Crippen LogP contribution in [0.15, 0.2) is 0 Å². The quantitative estimate of drug-likeness (QED) is 0.471. The molecule has 1 fully saturated rings. The second-order valence-corrected chi connectivity index (χ2v) is 8.64. The van der Waals surface area contributed by atoms with E-state index < -0.39 is 25.3 Å². The molecule has 0 N–H and O–H groups in total. The lowest BCUT2D eigenvalue weighted by atomic mass is 9.84. The van der Waals surface area contributed by atoms with E-state index in [-0.39, 0.29) is 6.42 Å². The molecule has 1 rings (SSSR count).